The Morgan fingerprint density at radius 3 is 2.32 bits per heavy atom. The molecule has 0 saturated carbocycles. The number of likely N-dealkylation sites (tertiary alicyclic amines) is 1. The van der Waals surface area contributed by atoms with Crippen molar-refractivity contribution in [3.8, 4) is 0 Å². The molecule has 1 heterocycles. The minimum atomic E-state index is -0.252. The number of nitrogens with one attached hydrogen (secondary N) is 1. The molecule has 1 saturated heterocycles. The number of Topliss-reactive ketones (excluding diaryl/α,β-unsaturated/α-hetero) is 1. The molecule has 0 atom stereocenters. The van der Waals surface area contributed by atoms with Crippen LogP contribution in [0.3, 0.4) is 0 Å². The van der Waals surface area contributed by atoms with Crippen LogP contribution in [0.5, 0.6) is 0 Å². The van der Waals surface area contributed by atoms with Gasteiger partial charge in [-0.1, -0.05) is 12.2 Å². The zero-order chi connectivity index (χ0) is 16.1. The Bertz CT molecular complexity index is 619. The van der Waals surface area contributed by atoms with Crippen LogP contribution in [-0.2, 0) is 4.79 Å². The van der Waals surface area contributed by atoms with Crippen molar-refractivity contribution in [2.45, 2.75) is 19.8 Å². The van der Waals surface area contributed by atoms with Gasteiger partial charge in [-0.15, -0.1) is 0 Å². The maximum Gasteiger partial charge on any atom is 0.277 e. The molecule has 0 radical (unpaired) electrons. The van der Waals surface area contributed by atoms with Crippen LogP contribution >= 0.6 is 12.2 Å². The van der Waals surface area contributed by atoms with E-state index < -0.39 is 0 Å². The van der Waals surface area contributed by atoms with Crippen LogP contribution in [0.25, 0.3) is 0 Å². The monoisotopic (exact) mass is 318 g/mol. The van der Waals surface area contributed by atoms with Gasteiger partial charge in [0, 0.05) is 18.7 Å². The summed E-state index contributed by atoms with van der Waals surface area (Å²) in [6, 6.07) is 6.78. The molecule has 2 rings (SSSR count). The third-order valence-corrected chi connectivity index (χ3v) is 3.61. The zero-order valence-electron chi connectivity index (χ0n) is 12.3. The van der Waals surface area contributed by atoms with Crippen LogP contribution in [0.15, 0.2) is 29.4 Å². The third kappa shape index (κ3) is 3.88. The molecule has 3 N–H and O–H groups in total. The summed E-state index contributed by atoms with van der Waals surface area (Å²) in [4.78, 5) is 25.2. The molecular weight excluding hydrogens is 300 g/mol. The Morgan fingerprint density at radius 1 is 1.23 bits per heavy atom. The fraction of sp³-hybridized carbons (Fsp3) is 0.333. The van der Waals surface area contributed by atoms with Crippen LogP contribution in [0.4, 0.5) is 5.69 Å². The molecule has 1 aromatic carbocycles. The number of rotatable bonds is 5. The van der Waals surface area contributed by atoms with Crippen molar-refractivity contribution in [1.29, 1.82) is 0 Å². The normalized spacial score (nSPS) is 14.8. The van der Waals surface area contributed by atoms with Gasteiger partial charge < -0.3 is 10.6 Å². The highest BCUT2D eigenvalue weighted by Crippen LogP contribution is 2.11. The summed E-state index contributed by atoms with van der Waals surface area (Å²) in [7, 11) is 0. The highest BCUT2D eigenvalue weighted by atomic mass is 32.1. The smallest absolute Gasteiger partial charge is 0.277 e. The molecule has 116 valence electrons. The quantitative estimate of drug-likeness (QED) is 0.372. The number of amides is 1. The zero-order valence-corrected chi connectivity index (χ0v) is 13.2. The number of nitrogens with two attached hydrogens (primary N) is 1. The Balaban J connectivity index is 2.11. The molecule has 0 aliphatic carbocycles. The van der Waals surface area contributed by atoms with Gasteiger partial charge in [0.1, 0.15) is 4.99 Å². The molecule has 0 unspecified atom stereocenters. The van der Waals surface area contributed by atoms with Crippen molar-refractivity contribution in [3.05, 3.63) is 29.8 Å². The number of nitrogens with zero attached hydrogens (tertiary/aromatic N) is 2. The van der Waals surface area contributed by atoms with E-state index in [9.17, 15) is 9.59 Å². The summed E-state index contributed by atoms with van der Waals surface area (Å²) in [5, 5.41) is 4.04. The van der Waals surface area contributed by atoms with Gasteiger partial charge in [-0.2, -0.15) is 5.10 Å². The lowest BCUT2D eigenvalue weighted by Crippen LogP contribution is -2.40. The molecule has 1 fully saturated rings. The highest BCUT2D eigenvalue weighted by Gasteiger charge is 2.24. The van der Waals surface area contributed by atoms with Gasteiger partial charge in [-0.25, -0.2) is 0 Å². The molecule has 1 aliphatic rings. The van der Waals surface area contributed by atoms with Crippen LogP contribution in [-0.4, -0.2) is 40.4 Å². The lowest BCUT2D eigenvalue weighted by Gasteiger charge is -2.16. The van der Waals surface area contributed by atoms with Gasteiger partial charge in [-0.3, -0.25) is 15.0 Å². The highest BCUT2D eigenvalue weighted by molar-refractivity contribution is 7.82. The second kappa shape index (κ2) is 7.13. The molecule has 0 aromatic heterocycles. The van der Waals surface area contributed by atoms with E-state index in [1.165, 1.54) is 6.92 Å². The largest absolute Gasteiger partial charge is 0.388 e. The van der Waals surface area contributed by atoms with Gasteiger partial charge in [0.25, 0.3) is 5.91 Å². The summed E-state index contributed by atoms with van der Waals surface area (Å²) in [5.74, 6) is -0.263. The lowest BCUT2D eigenvalue weighted by atomic mass is 10.1. The number of thiocarbonyl (C=S) groups is 1. The topological polar surface area (TPSA) is 87.8 Å². The van der Waals surface area contributed by atoms with Crippen molar-refractivity contribution in [2.75, 3.05) is 18.5 Å². The molecule has 1 aromatic rings. The number of hydrogen-bond acceptors (Lipinski definition) is 5. The van der Waals surface area contributed by atoms with Crippen LogP contribution in [0.2, 0.25) is 0 Å². The fourth-order valence-electron chi connectivity index (χ4n) is 2.18. The van der Waals surface area contributed by atoms with Crippen LogP contribution in [0, 0.1) is 0 Å². The Hall–Kier alpha value is -2.28. The number of carbonyl (C=O) groups excluding carboxylic acids is 2. The molecule has 7 heteroatoms. The van der Waals surface area contributed by atoms with Crippen molar-refractivity contribution >= 4 is 40.3 Å². The van der Waals surface area contributed by atoms with E-state index in [1.54, 1.807) is 29.2 Å². The summed E-state index contributed by atoms with van der Waals surface area (Å²) in [6.45, 7) is 2.90. The SMILES string of the molecule is CC(=O)c1ccc(N/N=C(\C(=O)N2CCCC2)C(N)=S)cc1. The maximum atomic E-state index is 12.3. The van der Waals surface area contributed by atoms with Gasteiger partial charge >= 0.3 is 0 Å². The Kier molecular flexibility index (Phi) is 5.21. The van der Waals surface area contributed by atoms with Crippen LogP contribution < -0.4 is 11.2 Å². The van der Waals surface area contributed by atoms with Crippen molar-refractivity contribution in [2.24, 2.45) is 10.8 Å². The van der Waals surface area contributed by atoms with E-state index in [1.807, 2.05) is 0 Å². The number of hydrazone groups is 1. The molecule has 1 amide bonds. The number of ketones is 1. The number of carbonyl (C=O) groups is 2. The second-order valence-electron chi connectivity index (χ2n) is 5.07. The first-order valence-electron chi connectivity index (χ1n) is 7.03. The maximum absolute atomic E-state index is 12.3. The number of hydrogen-bond donors (Lipinski definition) is 2. The van der Waals surface area contributed by atoms with Gasteiger partial charge in [0.05, 0.1) is 5.69 Å². The minimum absolute atomic E-state index is 0.0110. The fourth-order valence-corrected chi connectivity index (χ4v) is 2.31. The van der Waals surface area contributed by atoms with Gasteiger partial charge in [0.15, 0.2) is 11.5 Å². The average Bonchev–Trinajstić information content (AvgIpc) is 3.01. The molecule has 0 spiro atoms. The summed E-state index contributed by atoms with van der Waals surface area (Å²) >= 11 is 4.91. The van der Waals surface area contributed by atoms with E-state index >= 15 is 0 Å². The standard InChI is InChI=1S/C15H18N4O2S/c1-10(20)11-4-6-12(7-5-11)17-18-13(14(16)22)15(21)19-8-2-3-9-19/h4-7,17H,2-3,8-9H2,1H3,(H2,16,22)/b18-13-. The van der Waals surface area contributed by atoms with E-state index in [4.69, 9.17) is 18.0 Å². The molecule has 6 nitrogen and oxygen atoms in total. The molecule has 1 aliphatic heterocycles. The average molecular weight is 318 g/mol. The van der Waals surface area contributed by atoms with E-state index in [2.05, 4.69) is 10.5 Å². The molecule has 0 bridgehead atoms. The van der Waals surface area contributed by atoms with Gasteiger partial charge in [0.2, 0.25) is 0 Å². The summed E-state index contributed by atoms with van der Waals surface area (Å²) < 4.78 is 0. The summed E-state index contributed by atoms with van der Waals surface area (Å²) in [5.41, 5.74) is 9.66. The van der Waals surface area contributed by atoms with E-state index in [0.717, 1.165) is 12.8 Å². The Labute approximate surface area is 134 Å². The first-order chi connectivity index (χ1) is 10.5. The molecule has 22 heavy (non-hydrogen) atoms. The first-order valence-corrected chi connectivity index (χ1v) is 7.43. The molecular formula is C15H18N4O2S. The summed E-state index contributed by atoms with van der Waals surface area (Å²) in [6.07, 6.45) is 1.96. The predicted octanol–water partition coefficient (Wildman–Crippen LogP) is 1.57. The van der Waals surface area contributed by atoms with Crippen LogP contribution in [0.1, 0.15) is 30.1 Å². The van der Waals surface area contributed by atoms with E-state index in [0.29, 0.717) is 24.3 Å². The third-order valence-electron chi connectivity index (χ3n) is 3.42. The van der Waals surface area contributed by atoms with E-state index in [-0.39, 0.29) is 22.4 Å². The first kappa shape index (κ1) is 16.1. The number of benzene rings is 1. The lowest BCUT2D eigenvalue weighted by molar-refractivity contribution is -0.122. The van der Waals surface area contributed by atoms with Crippen molar-refractivity contribution in [3.63, 3.8) is 0 Å². The number of anilines is 1. The van der Waals surface area contributed by atoms with Gasteiger partial charge in [-0.05, 0) is 44.0 Å². The van der Waals surface area contributed by atoms with Crippen molar-refractivity contribution < 1.29 is 9.59 Å². The minimum Gasteiger partial charge on any atom is -0.388 e. The Morgan fingerprint density at radius 2 is 1.82 bits per heavy atom. The predicted molar refractivity (Wildman–Crippen MR) is 90.1 cm³/mol. The second-order valence-corrected chi connectivity index (χ2v) is 5.51. The van der Waals surface area contributed by atoms with Crippen molar-refractivity contribution in [1.82, 2.24) is 4.90 Å².